The molecule has 1 aromatic carbocycles. The SMILES string of the molecule is CC(C)Oc1ccc(N)c(C(=N)c2ccnc(N3CC4CCC(C3)O4)c2)c1. The molecule has 3 heterocycles. The summed E-state index contributed by atoms with van der Waals surface area (Å²) in [6.45, 7) is 5.68. The van der Waals surface area contributed by atoms with Crippen LogP contribution in [0.25, 0.3) is 0 Å². The number of hydrogen-bond acceptors (Lipinski definition) is 6. The van der Waals surface area contributed by atoms with Crippen LogP contribution in [-0.4, -0.2) is 42.1 Å². The van der Waals surface area contributed by atoms with Crippen LogP contribution in [0.2, 0.25) is 0 Å². The van der Waals surface area contributed by atoms with Gasteiger partial charge in [-0.3, -0.25) is 5.41 Å². The lowest BCUT2D eigenvalue weighted by Gasteiger charge is -2.33. The van der Waals surface area contributed by atoms with Crippen molar-refractivity contribution in [2.45, 2.75) is 45.0 Å². The van der Waals surface area contributed by atoms with Crippen LogP contribution >= 0.6 is 0 Å². The number of morpholine rings is 1. The highest BCUT2D eigenvalue weighted by Gasteiger charge is 2.34. The highest BCUT2D eigenvalue weighted by atomic mass is 16.5. The van der Waals surface area contributed by atoms with E-state index in [4.69, 9.17) is 20.6 Å². The molecule has 2 saturated heterocycles. The van der Waals surface area contributed by atoms with E-state index in [0.717, 1.165) is 43.1 Å². The minimum Gasteiger partial charge on any atom is -0.491 e. The number of aromatic nitrogens is 1. The number of fused-ring (bicyclic) bond motifs is 2. The summed E-state index contributed by atoms with van der Waals surface area (Å²) in [7, 11) is 0. The fraction of sp³-hybridized carbons (Fsp3) is 0.429. The number of ether oxygens (including phenoxy) is 2. The summed E-state index contributed by atoms with van der Waals surface area (Å²) in [5.74, 6) is 1.61. The van der Waals surface area contributed by atoms with Gasteiger partial charge in [0.05, 0.1) is 24.0 Å². The summed E-state index contributed by atoms with van der Waals surface area (Å²) in [6, 6.07) is 9.31. The number of nitrogens with zero attached hydrogens (tertiary/aromatic N) is 2. The van der Waals surface area contributed by atoms with Crippen LogP contribution in [0.3, 0.4) is 0 Å². The molecular formula is C21H26N4O2. The van der Waals surface area contributed by atoms with E-state index in [1.165, 1.54) is 0 Å². The van der Waals surface area contributed by atoms with Crippen molar-refractivity contribution in [1.29, 1.82) is 5.41 Å². The van der Waals surface area contributed by atoms with Gasteiger partial charge in [0.2, 0.25) is 0 Å². The number of nitrogens with one attached hydrogen (secondary N) is 1. The molecule has 2 aliphatic heterocycles. The molecule has 27 heavy (non-hydrogen) atoms. The Kier molecular flexibility index (Phi) is 4.74. The van der Waals surface area contributed by atoms with Crippen LogP contribution < -0.4 is 15.4 Å². The van der Waals surface area contributed by atoms with Crippen molar-refractivity contribution in [3.05, 3.63) is 47.7 Å². The number of nitrogens with two attached hydrogens (primary N) is 1. The molecule has 0 aliphatic carbocycles. The molecule has 142 valence electrons. The average molecular weight is 366 g/mol. The zero-order chi connectivity index (χ0) is 19.0. The van der Waals surface area contributed by atoms with Gasteiger partial charge in [-0.15, -0.1) is 0 Å². The molecule has 2 fully saturated rings. The van der Waals surface area contributed by atoms with E-state index in [-0.39, 0.29) is 6.10 Å². The van der Waals surface area contributed by atoms with E-state index < -0.39 is 0 Å². The highest BCUT2D eigenvalue weighted by molar-refractivity contribution is 6.14. The Balaban J connectivity index is 1.59. The first kappa shape index (κ1) is 17.8. The summed E-state index contributed by atoms with van der Waals surface area (Å²) in [5, 5.41) is 8.69. The first-order chi connectivity index (χ1) is 13.0. The Bertz CT molecular complexity index is 840. The molecule has 0 spiro atoms. The lowest BCUT2D eigenvalue weighted by Crippen LogP contribution is -2.43. The second-order valence-electron chi connectivity index (χ2n) is 7.56. The van der Waals surface area contributed by atoms with Gasteiger partial charge in [-0.05, 0) is 57.0 Å². The summed E-state index contributed by atoms with van der Waals surface area (Å²) >= 11 is 0. The fourth-order valence-corrected chi connectivity index (χ4v) is 3.80. The fourth-order valence-electron chi connectivity index (χ4n) is 3.80. The zero-order valence-corrected chi connectivity index (χ0v) is 15.8. The average Bonchev–Trinajstić information content (AvgIpc) is 3.00. The van der Waals surface area contributed by atoms with Gasteiger partial charge in [-0.2, -0.15) is 0 Å². The van der Waals surface area contributed by atoms with Crippen LogP contribution in [0.5, 0.6) is 5.75 Å². The molecule has 6 heteroatoms. The smallest absolute Gasteiger partial charge is 0.129 e. The van der Waals surface area contributed by atoms with Crippen molar-refractivity contribution in [3.8, 4) is 5.75 Å². The predicted octanol–water partition coefficient (Wildman–Crippen LogP) is 3.23. The molecule has 2 aliphatic rings. The Morgan fingerprint density at radius 1 is 1.22 bits per heavy atom. The van der Waals surface area contributed by atoms with Crippen LogP contribution in [0.15, 0.2) is 36.5 Å². The molecule has 2 atom stereocenters. The van der Waals surface area contributed by atoms with Crippen LogP contribution in [0, 0.1) is 5.41 Å². The van der Waals surface area contributed by atoms with Crippen LogP contribution in [-0.2, 0) is 4.74 Å². The van der Waals surface area contributed by atoms with Gasteiger partial charge in [0.15, 0.2) is 0 Å². The van der Waals surface area contributed by atoms with E-state index in [9.17, 15) is 0 Å². The Labute approximate surface area is 159 Å². The van der Waals surface area contributed by atoms with E-state index >= 15 is 0 Å². The monoisotopic (exact) mass is 366 g/mol. The van der Waals surface area contributed by atoms with Crippen LogP contribution in [0.1, 0.15) is 37.8 Å². The molecule has 4 rings (SSSR count). The second kappa shape index (κ2) is 7.19. The van der Waals surface area contributed by atoms with Crippen molar-refractivity contribution >= 4 is 17.2 Å². The van der Waals surface area contributed by atoms with E-state index in [0.29, 0.717) is 29.2 Å². The van der Waals surface area contributed by atoms with Gasteiger partial charge >= 0.3 is 0 Å². The third-order valence-corrected chi connectivity index (χ3v) is 5.07. The van der Waals surface area contributed by atoms with Crippen molar-refractivity contribution in [3.63, 3.8) is 0 Å². The summed E-state index contributed by atoms with van der Waals surface area (Å²) in [5.41, 5.74) is 8.56. The number of hydrogen-bond donors (Lipinski definition) is 2. The molecule has 0 radical (unpaired) electrons. The molecule has 2 bridgehead atoms. The Hall–Kier alpha value is -2.60. The van der Waals surface area contributed by atoms with Crippen molar-refractivity contribution < 1.29 is 9.47 Å². The quantitative estimate of drug-likeness (QED) is 0.627. The maximum absolute atomic E-state index is 8.69. The van der Waals surface area contributed by atoms with Gasteiger partial charge in [0, 0.05) is 36.1 Å². The molecule has 1 aromatic heterocycles. The molecule has 0 saturated carbocycles. The largest absolute Gasteiger partial charge is 0.491 e. The predicted molar refractivity (Wildman–Crippen MR) is 107 cm³/mol. The number of anilines is 2. The standard InChI is InChI=1S/C21H26N4O2/c1-13(2)26-15-5-6-19(22)18(10-15)21(23)14-7-8-24-20(9-14)25-11-16-3-4-17(12-25)27-16/h5-10,13,16-17,23H,3-4,11-12,22H2,1-2H3. The molecule has 6 nitrogen and oxygen atoms in total. The van der Waals surface area contributed by atoms with Crippen molar-refractivity contribution in [1.82, 2.24) is 4.98 Å². The molecule has 2 unspecified atom stereocenters. The van der Waals surface area contributed by atoms with Gasteiger partial charge in [0.1, 0.15) is 11.6 Å². The molecule has 2 aromatic rings. The molecule has 0 amide bonds. The number of rotatable bonds is 5. The third kappa shape index (κ3) is 3.76. The van der Waals surface area contributed by atoms with Gasteiger partial charge in [-0.1, -0.05) is 0 Å². The lowest BCUT2D eigenvalue weighted by atomic mass is 10.0. The van der Waals surface area contributed by atoms with E-state index in [2.05, 4.69) is 9.88 Å². The maximum Gasteiger partial charge on any atom is 0.129 e. The van der Waals surface area contributed by atoms with E-state index in [1.807, 2.05) is 38.1 Å². The summed E-state index contributed by atoms with van der Waals surface area (Å²) in [4.78, 5) is 6.80. The minimum absolute atomic E-state index is 0.0693. The van der Waals surface area contributed by atoms with Crippen molar-refractivity contribution in [2.24, 2.45) is 0 Å². The lowest BCUT2D eigenvalue weighted by molar-refractivity contribution is 0.0302. The Morgan fingerprint density at radius 3 is 2.67 bits per heavy atom. The zero-order valence-electron chi connectivity index (χ0n) is 15.8. The topological polar surface area (TPSA) is 84.5 Å². The number of nitrogen functional groups attached to an aromatic ring is 1. The third-order valence-electron chi connectivity index (χ3n) is 5.07. The molecule has 3 N–H and O–H groups in total. The number of pyridine rings is 1. The van der Waals surface area contributed by atoms with E-state index in [1.54, 1.807) is 12.3 Å². The van der Waals surface area contributed by atoms with Gasteiger partial charge in [0.25, 0.3) is 0 Å². The van der Waals surface area contributed by atoms with Gasteiger partial charge < -0.3 is 20.1 Å². The minimum atomic E-state index is 0.0693. The number of benzene rings is 1. The maximum atomic E-state index is 8.69. The highest BCUT2D eigenvalue weighted by Crippen LogP contribution is 2.30. The van der Waals surface area contributed by atoms with Gasteiger partial charge in [-0.25, -0.2) is 4.98 Å². The summed E-state index contributed by atoms with van der Waals surface area (Å²) < 4.78 is 11.7. The van der Waals surface area contributed by atoms with Crippen LogP contribution in [0.4, 0.5) is 11.5 Å². The Morgan fingerprint density at radius 2 is 1.96 bits per heavy atom. The first-order valence-corrected chi connectivity index (χ1v) is 9.51. The van der Waals surface area contributed by atoms with Crippen molar-refractivity contribution in [2.75, 3.05) is 23.7 Å². The second-order valence-corrected chi connectivity index (χ2v) is 7.56. The summed E-state index contributed by atoms with van der Waals surface area (Å²) in [6.07, 6.45) is 4.68. The normalized spacial score (nSPS) is 21.5. The molecular weight excluding hydrogens is 340 g/mol. The first-order valence-electron chi connectivity index (χ1n) is 9.51.